The van der Waals surface area contributed by atoms with Crippen molar-refractivity contribution >= 4 is 11.6 Å². The zero-order chi connectivity index (χ0) is 14.8. The van der Waals surface area contributed by atoms with Gasteiger partial charge in [-0.15, -0.1) is 0 Å². The largest absolute Gasteiger partial charge is 0.486 e. The maximum atomic E-state index is 6.32. The van der Waals surface area contributed by atoms with E-state index in [4.69, 9.17) is 26.8 Å². The molecular weight excluding hydrogens is 288 g/mol. The Hall–Kier alpha value is -0.970. The summed E-state index contributed by atoms with van der Waals surface area (Å²) in [6, 6.07) is 4.68. The number of likely N-dealkylation sites (tertiary alicyclic amines) is 1. The van der Waals surface area contributed by atoms with E-state index in [1.165, 1.54) is 19.3 Å². The highest BCUT2D eigenvalue weighted by Crippen LogP contribution is 2.39. The number of ether oxygens (including phenoxy) is 2. The molecule has 0 bridgehead atoms. The zero-order valence-electron chi connectivity index (χ0n) is 12.5. The normalized spacial score (nSPS) is 23.9. The average Bonchev–Trinajstić information content (AvgIpc) is 2.47. The second-order valence-electron chi connectivity index (χ2n) is 5.99. The summed E-state index contributed by atoms with van der Waals surface area (Å²) in [5.74, 6) is 1.44. The first-order valence-corrected chi connectivity index (χ1v) is 8.10. The van der Waals surface area contributed by atoms with E-state index in [1.807, 2.05) is 12.1 Å². The number of hydrogen-bond acceptors (Lipinski definition) is 4. The van der Waals surface area contributed by atoms with Gasteiger partial charge >= 0.3 is 0 Å². The van der Waals surface area contributed by atoms with Crippen molar-refractivity contribution in [2.45, 2.75) is 44.8 Å². The van der Waals surface area contributed by atoms with Crippen molar-refractivity contribution in [3.05, 3.63) is 22.7 Å². The monoisotopic (exact) mass is 310 g/mol. The zero-order valence-corrected chi connectivity index (χ0v) is 13.2. The van der Waals surface area contributed by atoms with Crippen LogP contribution in [0.15, 0.2) is 12.1 Å². The van der Waals surface area contributed by atoms with E-state index in [-0.39, 0.29) is 6.04 Å². The molecule has 5 heteroatoms. The molecule has 0 saturated carbocycles. The quantitative estimate of drug-likeness (QED) is 0.932. The van der Waals surface area contributed by atoms with Gasteiger partial charge < -0.3 is 15.2 Å². The number of nitrogens with zero attached hydrogens (tertiary/aromatic N) is 1. The molecule has 116 valence electrons. The van der Waals surface area contributed by atoms with E-state index >= 15 is 0 Å². The van der Waals surface area contributed by atoms with E-state index in [2.05, 4.69) is 11.8 Å². The minimum Gasteiger partial charge on any atom is -0.486 e. The second kappa shape index (κ2) is 6.42. The van der Waals surface area contributed by atoms with Crippen LogP contribution in [-0.2, 0) is 6.54 Å². The van der Waals surface area contributed by atoms with Crippen molar-refractivity contribution in [1.29, 1.82) is 0 Å². The molecule has 2 N–H and O–H groups in total. The van der Waals surface area contributed by atoms with Crippen molar-refractivity contribution in [3.63, 3.8) is 0 Å². The Balaban J connectivity index is 1.79. The lowest BCUT2D eigenvalue weighted by Crippen LogP contribution is -2.48. The summed E-state index contributed by atoms with van der Waals surface area (Å²) in [6.07, 6.45) is 3.68. The molecule has 21 heavy (non-hydrogen) atoms. The number of halogens is 1. The molecule has 1 aromatic carbocycles. The van der Waals surface area contributed by atoms with Crippen LogP contribution < -0.4 is 15.2 Å². The second-order valence-corrected chi connectivity index (χ2v) is 6.40. The fourth-order valence-electron chi connectivity index (χ4n) is 3.30. The molecule has 0 amide bonds. The molecule has 1 saturated heterocycles. The lowest BCUT2D eigenvalue weighted by Gasteiger charge is -2.38. The topological polar surface area (TPSA) is 47.7 Å². The Morgan fingerprint density at radius 3 is 2.95 bits per heavy atom. The molecule has 2 atom stereocenters. The van der Waals surface area contributed by atoms with Crippen molar-refractivity contribution in [2.24, 2.45) is 5.73 Å². The molecular formula is C16H23ClN2O2. The third-order valence-electron chi connectivity index (χ3n) is 4.31. The highest BCUT2D eigenvalue weighted by atomic mass is 35.5. The van der Waals surface area contributed by atoms with E-state index < -0.39 is 0 Å². The maximum absolute atomic E-state index is 6.32. The minimum absolute atomic E-state index is 0.193. The Kier molecular flexibility index (Phi) is 4.57. The molecule has 0 spiro atoms. The van der Waals surface area contributed by atoms with E-state index in [0.29, 0.717) is 30.0 Å². The van der Waals surface area contributed by atoms with Crippen molar-refractivity contribution in [2.75, 3.05) is 19.8 Å². The summed E-state index contributed by atoms with van der Waals surface area (Å²) in [5.41, 5.74) is 7.30. The van der Waals surface area contributed by atoms with Crippen LogP contribution in [0.25, 0.3) is 0 Å². The average molecular weight is 311 g/mol. The Labute approximate surface area is 131 Å². The number of piperidine rings is 1. The van der Waals surface area contributed by atoms with Crippen LogP contribution in [0, 0.1) is 0 Å². The van der Waals surface area contributed by atoms with E-state index in [1.54, 1.807) is 0 Å². The first-order valence-electron chi connectivity index (χ1n) is 7.73. The van der Waals surface area contributed by atoms with Gasteiger partial charge in [0.05, 0.1) is 5.02 Å². The van der Waals surface area contributed by atoms with Gasteiger partial charge in [-0.1, -0.05) is 18.0 Å². The molecule has 0 aromatic heterocycles. The van der Waals surface area contributed by atoms with Crippen molar-refractivity contribution in [3.8, 4) is 11.5 Å². The molecule has 2 aliphatic heterocycles. The molecule has 0 radical (unpaired) electrons. The van der Waals surface area contributed by atoms with Crippen LogP contribution in [0.1, 0.15) is 31.7 Å². The highest BCUT2D eigenvalue weighted by molar-refractivity contribution is 6.32. The van der Waals surface area contributed by atoms with Gasteiger partial charge in [-0.3, -0.25) is 4.90 Å². The summed E-state index contributed by atoms with van der Waals surface area (Å²) in [7, 11) is 0. The Morgan fingerprint density at radius 1 is 1.33 bits per heavy atom. The predicted molar refractivity (Wildman–Crippen MR) is 84.1 cm³/mol. The molecule has 1 fully saturated rings. The number of nitrogens with two attached hydrogens (primary N) is 1. The SMILES string of the molecule is CC(N)C1CCCCN1Cc1cc(Cl)c2c(c1)OCCO2. The Morgan fingerprint density at radius 2 is 2.14 bits per heavy atom. The summed E-state index contributed by atoms with van der Waals surface area (Å²) in [5, 5.41) is 0.636. The fourth-order valence-corrected chi connectivity index (χ4v) is 3.59. The molecule has 3 rings (SSSR count). The van der Waals surface area contributed by atoms with E-state index in [9.17, 15) is 0 Å². The van der Waals surface area contributed by atoms with Gasteiger partial charge in [0.15, 0.2) is 11.5 Å². The van der Waals surface area contributed by atoms with Crippen LogP contribution in [0.3, 0.4) is 0 Å². The van der Waals surface area contributed by atoms with Crippen LogP contribution in [0.4, 0.5) is 0 Å². The number of fused-ring (bicyclic) bond motifs is 1. The number of rotatable bonds is 3. The van der Waals surface area contributed by atoms with E-state index in [0.717, 1.165) is 24.4 Å². The van der Waals surface area contributed by atoms with Crippen LogP contribution in [0.5, 0.6) is 11.5 Å². The maximum Gasteiger partial charge on any atom is 0.179 e. The van der Waals surface area contributed by atoms with Gasteiger partial charge in [0.1, 0.15) is 13.2 Å². The fraction of sp³-hybridized carbons (Fsp3) is 0.625. The molecule has 2 aliphatic rings. The van der Waals surface area contributed by atoms with Gasteiger partial charge in [0.2, 0.25) is 0 Å². The smallest absolute Gasteiger partial charge is 0.179 e. The van der Waals surface area contributed by atoms with Crippen molar-refractivity contribution < 1.29 is 9.47 Å². The standard InChI is InChI=1S/C16H23ClN2O2/c1-11(18)14-4-2-3-5-19(14)10-12-8-13(17)16-15(9-12)20-6-7-21-16/h8-9,11,14H,2-7,10,18H2,1H3. The van der Waals surface area contributed by atoms with Gasteiger partial charge in [-0.25, -0.2) is 0 Å². The highest BCUT2D eigenvalue weighted by Gasteiger charge is 2.26. The van der Waals surface area contributed by atoms with Crippen molar-refractivity contribution in [1.82, 2.24) is 4.90 Å². The first-order chi connectivity index (χ1) is 10.1. The molecule has 2 unspecified atom stereocenters. The van der Waals surface area contributed by atoms with Crippen LogP contribution in [0.2, 0.25) is 5.02 Å². The predicted octanol–water partition coefficient (Wildman–Crippen LogP) is 2.81. The molecule has 4 nitrogen and oxygen atoms in total. The van der Waals surface area contributed by atoms with Crippen LogP contribution in [-0.4, -0.2) is 36.7 Å². The lowest BCUT2D eigenvalue weighted by atomic mass is 9.96. The van der Waals surface area contributed by atoms with Crippen LogP contribution >= 0.6 is 11.6 Å². The van der Waals surface area contributed by atoms with Gasteiger partial charge in [-0.2, -0.15) is 0 Å². The molecule has 1 aromatic rings. The third kappa shape index (κ3) is 3.28. The molecule has 0 aliphatic carbocycles. The Bertz CT molecular complexity index is 507. The van der Waals surface area contributed by atoms with Gasteiger partial charge in [0, 0.05) is 18.6 Å². The minimum atomic E-state index is 0.193. The summed E-state index contributed by atoms with van der Waals surface area (Å²) in [6.45, 7) is 5.20. The summed E-state index contributed by atoms with van der Waals surface area (Å²) < 4.78 is 11.2. The third-order valence-corrected chi connectivity index (χ3v) is 4.59. The molecule has 2 heterocycles. The first kappa shape index (κ1) is 14.9. The van der Waals surface area contributed by atoms with Gasteiger partial charge in [-0.05, 0) is 44.0 Å². The summed E-state index contributed by atoms with van der Waals surface area (Å²) in [4.78, 5) is 2.47. The summed E-state index contributed by atoms with van der Waals surface area (Å²) >= 11 is 6.32. The van der Waals surface area contributed by atoms with Gasteiger partial charge in [0.25, 0.3) is 0 Å². The number of benzene rings is 1. The number of hydrogen-bond donors (Lipinski definition) is 1. The lowest BCUT2D eigenvalue weighted by molar-refractivity contribution is 0.122.